The molecule has 64 valence electrons. The van der Waals surface area contributed by atoms with Crippen LogP contribution >= 0.6 is 0 Å². The lowest BCUT2D eigenvalue weighted by Crippen LogP contribution is -1.86. The molecular formula is C12H11N. The molecule has 1 aliphatic rings. The number of allylic oxidation sites excluding steroid dienone is 2. The molecule has 0 N–H and O–H groups in total. The summed E-state index contributed by atoms with van der Waals surface area (Å²) in [5, 5.41) is 8.90. The topological polar surface area (TPSA) is 23.8 Å². The number of hydrogen-bond donors (Lipinski definition) is 0. The van der Waals surface area contributed by atoms with Crippen LogP contribution in [0.3, 0.4) is 0 Å². The molecule has 1 aromatic rings. The molecule has 0 bridgehead atoms. The van der Waals surface area contributed by atoms with E-state index in [0.29, 0.717) is 0 Å². The maximum atomic E-state index is 8.90. The van der Waals surface area contributed by atoms with Crippen molar-refractivity contribution in [1.29, 1.82) is 5.26 Å². The first-order valence-corrected chi connectivity index (χ1v) is 4.60. The molecule has 0 fully saturated rings. The maximum absolute atomic E-state index is 8.90. The summed E-state index contributed by atoms with van der Waals surface area (Å²) in [5.41, 5.74) is 3.27. The quantitative estimate of drug-likeness (QED) is 0.633. The Kier molecular flexibility index (Phi) is 2.14. The Hall–Kier alpha value is -1.55. The van der Waals surface area contributed by atoms with Crippen molar-refractivity contribution in [3.8, 4) is 6.07 Å². The van der Waals surface area contributed by atoms with Crippen molar-refractivity contribution in [3.63, 3.8) is 0 Å². The lowest BCUT2D eigenvalue weighted by molar-refractivity contribution is 0.935. The minimum atomic E-state index is 0.802. The van der Waals surface area contributed by atoms with Gasteiger partial charge in [-0.3, -0.25) is 0 Å². The summed E-state index contributed by atoms with van der Waals surface area (Å²) in [6, 6.07) is 10.1. The van der Waals surface area contributed by atoms with Crippen LogP contribution in [0.2, 0.25) is 0 Å². The predicted molar refractivity (Wildman–Crippen MR) is 53.0 cm³/mol. The van der Waals surface area contributed by atoms with E-state index in [9.17, 15) is 0 Å². The van der Waals surface area contributed by atoms with Gasteiger partial charge in [-0.15, -0.1) is 0 Å². The highest BCUT2D eigenvalue weighted by atomic mass is 14.2. The summed E-state index contributed by atoms with van der Waals surface area (Å²) in [4.78, 5) is 0. The molecule has 0 unspecified atom stereocenters. The van der Waals surface area contributed by atoms with E-state index in [1.807, 2.05) is 24.3 Å². The third kappa shape index (κ3) is 1.48. The molecule has 0 amide bonds. The molecule has 2 rings (SSSR count). The summed E-state index contributed by atoms with van der Waals surface area (Å²) >= 11 is 0. The smallest absolute Gasteiger partial charge is 0.0998 e. The fourth-order valence-corrected chi connectivity index (χ4v) is 1.78. The van der Waals surface area contributed by atoms with Gasteiger partial charge in [0.15, 0.2) is 0 Å². The van der Waals surface area contributed by atoms with Crippen LogP contribution in [0, 0.1) is 11.3 Å². The zero-order valence-electron chi connectivity index (χ0n) is 7.46. The first-order chi connectivity index (χ1) is 6.42. The van der Waals surface area contributed by atoms with E-state index >= 15 is 0 Å². The Morgan fingerprint density at radius 2 is 2.08 bits per heavy atom. The highest BCUT2D eigenvalue weighted by Crippen LogP contribution is 2.29. The average Bonchev–Trinajstić information content (AvgIpc) is 2.70. The Morgan fingerprint density at radius 3 is 2.77 bits per heavy atom. The molecule has 0 saturated carbocycles. The van der Waals surface area contributed by atoms with Crippen molar-refractivity contribution in [2.75, 3.05) is 0 Å². The summed E-state index contributed by atoms with van der Waals surface area (Å²) < 4.78 is 0. The van der Waals surface area contributed by atoms with Gasteiger partial charge in [0.2, 0.25) is 0 Å². The van der Waals surface area contributed by atoms with Crippen molar-refractivity contribution < 1.29 is 0 Å². The van der Waals surface area contributed by atoms with E-state index in [4.69, 9.17) is 5.26 Å². The van der Waals surface area contributed by atoms with Crippen LogP contribution in [-0.2, 0) is 0 Å². The van der Waals surface area contributed by atoms with E-state index in [1.54, 1.807) is 0 Å². The number of benzene rings is 1. The molecule has 0 radical (unpaired) electrons. The fourth-order valence-electron chi connectivity index (χ4n) is 1.78. The minimum Gasteiger partial charge on any atom is -0.192 e. The number of nitriles is 1. The van der Waals surface area contributed by atoms with Crippen molar-refractivity contribution in [2.24, 2.45) is 0 Å². The van der Waals surface area contributed by atoms with Crippen molar-refractivity contribution >= 4 is 5.57 Å². The molecule has 1 aliphatic carbocycles. The van der Waals surface area contributed by atoms with E-state index < -0.39 is 0 Å². The summed E-state index contributed by atoms with van der Waals surface area (Å²) in [5.74, 6) is 0. The molecule has 0 atom stereocenters. The van der Waals surface area contributed by atoms with Crippen molar-refractivity contribution in [1.82, 2.24) is 0 Å². The number of rotatable bonds is 1. The Balaban J connectivity index is 2.45. The second-order valence-electron chi connectivity index (χ2n) is 3.28. The average molecular weight is 169 g/mol. The van der Waals surface area contributed by atoms with Crippen molar-refractivity contribution in [3.05, 3.63) is 41.5 Å². The fraction of sp³-hybridized carbons (Fsp3) is 0.250. The Bertz CT molecular complexity index is 382. The van der Waals surface area contributed by atoms with Crippen LogP contribution < -0.4 is 0 Å². The normalized spacial score (nSPS) is 15.2. The molecular weight excluding hydrogens is 158 g/mol. The highest BCUT2D eigenvalue weighted by molar-refractivity contribution is 5.71. The maximum Gasteiger partial charge on any atom is 0.0998 e. The second-order valence-corrected chi connectivity index (χ2v) is 3.28. The Morgan fingerprint density at radius 1 is 1.23 bits per heavy atom. The van der Waals surface area contributed by atoms with E-state index in [1.165, 1.54) is 12.0 Å². The van der Waals surface area contributed by atoms with E-state index in [2.05, 4.69) is 12.1 Å². The molecule has 0 saturated heterocycles. The molecule has 0 heterocycles. The molecule has 13 heavy (non-hydrogen) atoms. The van der Waals surface area contributed by atoms with E-state index in [-0.39, 0.29) is 0 Å². The molecule has 0 spiro atoms. The highest BCUT2D eigenvalue weighted by Gasteiger charge is 2.09. The van der Waals surface area contributed by atoms with Crippen LogP contribution in [0.1, 0.15) is 30.4 Å². The second kappa shape index (κ2) is 3.45. The van der Waals surface area contributed by atoms with Gasteiger partial charge in [-0.25, -0.2) is 0 Å². The molecule has 0 aliphatic heterocycles. The first-order valence-electron chi connectivity index (χ1n) is 4.60. The third-order valence-electron chi connectivity index (χ3n) is 2.43. The minimum absolute atomic E-state index is 0.802. The van der Waals surface area contributed by atoms with Gasteiger partial charge in [0.25, 0.3) is 0 Å². The van der Waals surface area contributed by atoms with Gasteiger partial charge in [-0.05, 0) is 36.5 Å². The van der Waals surface area contributed by atoms with E-state index in [0.717, 1.165) is 24.0 Å². The van der Waals surface area contributed by atoms with Gasteiger partial charge in [0.1, 0.15) is 0 Å². The van der Waals surface area contributed by atoms with Gasteiger partial charge >= 0.3 is 0 Å². The summed E-state index contributed by atoms with van der Waals surface area (Å²) in [7, 11) is 0. The number of hydrogen-bond acceptors (Lipinski definition) is 1. The lowest BCUT2D eigenvalue weighted by Gasteiger charge is -2.03. The van der Waals surface area contributed by atoms with Crippen LogP contribution in [0.4, 0.5) is 0 Å². The van der Waals surface area contributed by atoms with Gasteiger partial charge < -0.3 is 0 Å². The van der Waals surface area contributed by atoms with Crippen LogP contribution in [0.25, 0.3) is 5.57 Å². The summed E-state index contributed by atoms with van der Waals surface area (Å²) in [6.07, 6.45) is 5.76. The first kappa shape index (κ1) is 8.07. The standard InChI is InChI=1S/C12H11N/c13-9-11-7-3-4-8-12(11)10-5-1-2-6-10/h3-5,7-8H,1-2,6H2. The third-order valence-corrected chi connectivity index (χ3v) is 2.43. The van der Waals surface area contributed by atoms with Gasteiger partial charge in [-0.1, -0.05) is 24.3 Å². The SMILES string of the molecule is N#Cc1ccccc1C1=CCCC1. The monoisotopic (exact) mass is 169 g/mol. The molecule has 1 heteroatoms. The molecule has 1 aromatic carbocycles. The van der Waals surface area contributed by atoms with Crippen LogP contribution in [0.15, 0.2) is 30.3 Å². The van der Waals surface area contributed by atoms with Gasteiger partial charge in [0, 0.05) is 0 Å². The van der Waals surface area contributed by atoms with Gasteiger partial charge in [-0.2, -0.15) is 5.26 Å². The number of nitrogens with zero attached hydrogens (tertiary/aromatic N) is 1. The summed E-state index contributed by atoms with van der Waals surface area (Å²) in [6.45, 7) is 0. The predicted octanol–water partition coefficient (Wildman–Crippen LogP) is 3.13. The molecule has 1 nitrogen and oxygen atoms in total. The molecule has 0 aromatic heterocycles. The zero-order valence-corrected chi connectivity index (χ0v) is 7.46. The lowest BCUT2D eigenvalue weighted by atomic mass is 10.0. The Labute approximate surface area is 78.3 Å². The van der Waals surface area contributed by atoms with Crippen LogP contribution in [-0.4, -0.2) is 0 Å². The largest absolute Gasteiger partial charge is 0.192 e. The zero-order chi connectivity index (χ0) is 9.10. The van der Waals surface area contributed by atoms with Gasteiger partial charge in [0.05, 0.1) is 11.6 Å². The van der Waals surface area contributed by atoms with Crippen molar-refractivity contribution in [2.45, 2.75) is 19.3 Å². The van der Waals surface area contributed by atoms with Crippen LogP contribution in [0.5, 0.6) is 0 Å².